The highest BCUT2D eigenvalue weighted by molar-refractivity contribution is 5.99. The lowest BCUT2D eigenvalue weighted by molar-refractivity contribution is -0.161. The van der Waals surface area contributed by atoms with Crippen LogP contribution in [-0.2, 0) is 23.9 Å². The molecule has 170 valence electrons. The van der Waals surface area contributed by atoms with Crippen LogP contribution < -0.4 is 0 Å². The van der Waals surface area contributed by atoms with Gasteiger partial charge in [0.05, 0.1) is 30.8 Å². The molecule has 0 aromatic rings. The maximum absolute atomic E-state index is 13.8. The van der Waals surface area contributed by atoms with Gasteiger partial charge < -0.3 is 24.4 Å². The minimum Gasteiger partial charge on any atom is -0.465 e. The molecule has 2 fully saturated rings. The number of fused-ring (bicyclic) bond motifs is 2. The van der Waals surface area contributed by atoms with Gasteiger partial charge in [0, 0.05) is 13.1 Å². The molecule has 0 aromatic heterocycles. The fourth-order valence-corrected chi connectivity index (χ4v) is 5.59. The first kappa shape index (κ1) is 22.0. The van der Waals surface area contributed by atoms with Gasteiger partial charge in [0.1, 0.15) is 17.6 Å². The van der Waals surface area contributed by atoms with E-state index in [-0.39, 0.29) is 25.0 Å². The molecule has 0 aliphatic carbocycles. The Bertz CT molecular complexity index is 825. The third-order valence-electron chi connectivity index (χ3n) is 7.06. The van der Waals surface area contributed by atoms with Crippen LogP contribution in [0.4, 0.5) is 0 Å². The number of aliphatic hydroxyl groups is 1. The molecular formula is C23H32N2O6. The molecule has 6 atom stereocenters. The molecule has 8 heteroatoms. The van der Waals surface area contributed by atoms with E-state index in [2.05, 4.69) is 6.92 Å². The Labute approximate surface area is 182 Å². The molecule has 2 saturated heterocycles. The minimum absolute atomic E-state index is 0.204. The molecule has 0 radical (unpaired) electrons. The fourth-order valence-electron chi connectivity index (χ4n) is 5.59. The third kappa shape index (κ3) is 3.22. The normalized spacial score (nSPS) is 38.2. The fraction of sp³-hybridized carbons (Fsp3) is 0.696. The highest BCUT2D eigenvalue weighted by Crippen LogP contribution is 2.57. The minimum atomic E-state index is -1.29. The first-order valence-corrected chi connectivity index (χ1v) is 11.2. The van der Waals surface area contributed by atoms with Crippen molar-refractivity contribution in [1.29, 1.82) is 0 Å². The van der Waals surface area contributed by atoms with Crippen LogP contribution in [0, 0.1) is 11.8 Å². The predicted molar refractivity (Wildman–Crippen MR) is 112 cm³/mol. The van der Waals surface area contributed by atoms with Crippen LogP contribution in [0.5, 0.6) is 0 Å². The van der Waals surface area contributed by atoms with Crippen molar-refractivity contribution in [3.63, 3.8) is 0 Å². The summed E-state index contributed by atoms with van der Waals surface area (Å²) in [5.74, 6) is -2.79. The largest absolute Gasteiger partial charge is 0.465 e. The molecule has 1 spiro atoms. The molecule has 0 bridgehead atoms. The molecule has 4 rings (SSSR count). The highest BCUT2D eigenvalue weighted by atomic mass is 16.6. The van der Waals surface area contributed by atoms with Crippen molar-refractivity contribution in [3.8, 4) is 0 Å². The second kappa shape index (κ2) is 8.06. The summed E-state index contributed by atoms with van der Waals surface area (Å²) in [5, 5.41) is 9.86. The van der Waals surface area contributed by atoms with Gasteiger partial charge in [-0.2, -0.15) is 0 Å². The lowest BCUT2D eigenvalue weighted by atomic mass is 9.74. The number of hydrogen-bond donors (Lipinski definition) is 1. The zero-order chi connectivity index (χ0) is 22.4. The summed E-state index contributed by atoms with van der Waals surface area (Å²) in [4.78, 5) is 43.8. The molecule has 4 aliphatic heterocycles. The van der Waals surface area contributed by atoms with E-state index in [1.165, 1.54) is 4.90 Å². The van der Waals surface area contributed by atoms with Crippen molar-refractivity contribution in [1.82, 2.24) is 9.80 Å². The number of amides is 2. The number of likely N-dealkylation sites (tertiary alicyclic amines) is 1. The average Bonchev–Trinajstić information content (AvgIpc) is 3.06. The van der Waals surface area contributed by atoms with E-state index < -0.39 is 41.1 Å². The van der Waals surface area contributed by atoms with Gasteiger partial charge in [0.25, 0.3) is 0 Å². The van der Waals surface area contributed by atoms with Gasteiger partial charge in [0.2, 0.25) is 11.8 Å². The van der Waals surface area contributed by atoms with Crippen LogP contribution in [0.3, 0.4) is 0 Å². The molecule has 4 heterocycles. The van der Waals surface area contributed by atoms with Crippen molar-refractivity contribution < 1.29 is 29.0 Å². The van der Waals surface area contributed by atoms with Crippen LogP contribution in [0.15, 0.2) is 24.3 Å². The van der Waals surface area contributed by atoms with Gasteiger partial charge in [-0.3, -0.25) is 14.4 Å². The highest BCUT2D eigenvalue weighted by Gasteiger charge is 2.75. The van der Waals surface area contributed by atoms with E-state index in [9.17, 15) is 19.5 Å². The summed E-state index contributed by atoms with van der Waals surface area (Å²) >= 11 is 0. The molecule has 2 amide bonds. The first-order valence-electron chi connectivity index (χ1n) is 11.2. The zero-order valence-corrected chi connectivity index (χ0v) is 18.5. The smallest absolute Gasteiger partial charge is 0.313 e. The predicted octanol–water partition coefficient (Wildman–Crippen LogP) is 1.04. The second-order valence-corrected chi connectivity index (χ2v) is 9.17. The van der Waals surface area contributed by atoms with Gasteiger partial charge in [-0.15, -0.1) is 0 Å². The van der Waals surface area contributed by atoms with Crippen LogP contribution in [0.1, 0.15) is 40.0 Å². The maximum Gasteiger partial charge on any atom is 0.313 e. The van der Waals surface area contributed by atoms with E-state index in [0.29, 0.717) is 19.5 Å². The van der Waals surface area contributed by atoms with E-state index in [1.54, 1.807) is 18.7 Å². The van der Waals surface area contributed by atoms with E-state index in [0.717, 1.165) is 12.8 Å². The van der Waals surface area contributed by atoms with Crippen LogP contribution in [-0.4, -0.2) is 82.3 Å². The van der Waals surface area contributed by atoms with Crippen molar-refractivity contribution in [3.05, 3.63) is 24.3 Å². The Morgan fingerprint density at radius 1 is 1.19 bits per heavy atom. The number of ether oxygens (including phenoxy) is 2. The Morgan fingerprint density at radius 2 is 1.97 bits per heavy atom. The summed E-state index contributed by atoms with van der Waals surface area (Å²) in [6.45, 7) is 6.51. The number of aliphatic hydroxyl groups excluding tert-OH is 1. The van der Waals surface area contributed by atoms with Gasteiger partial charge in [-0.1, -0.05) is 37.6 Å². The number of carbonyl (C=O) groups excluding carboxylic acids is 3. The lowest BCUT2D eigenvalue weighted by Crippen LogP contribution is -2.58. The molecule has 8 nitrogen and oxygen atoms in total. The van der Waals surface area contributed by atoms with Crippen molar-refractivity contribution in [2.75, 3.05) is 26.3 Å². The number of hydrogen-bond acceptors (Lipinski definition) is 6. The van der Waals surface area contributed by atoms with Crippen LogP contribution in [0.2, 0.25) is 0 Å². The number of carbonyl (C=O) groups is 3. The van der Waals surface area contributed by atoms with Gasteiger partial charge in [-0.25, -0.2) is 0 Å². The maximum atomic E-state index is 13.8. The molecular weight excluding hydrogens is 400 g/mol. The quantitative estimate of drug-likeness (QED) is 0.515. The number of nitrogens with zero attached hydrogens (tertiary/aromatic N) is 2. The monoisotopic (exact) mass is 432 g/mol. The first-order chi connectivity index (χ1) is 14.8. The number of unbranched alkanes of at least 4 members (excludes halogenated alkanes) is 1. The zero-order valence-electron chi connectivity index (χ0n) is 18.5. The topological polar surface area (TPSA) is 96.4 Å². The Hall–Kier alpha value is -2.19. The van der Waals surface area contributed by atoms with Gasteiger partial charge >= 0.3 is 5.97 Å². The third-order valence-corrected chi connectivity index (χ3v) is 7.06. The molecule has 0 aromatic carbocycles. The summed E-state index contributed by atoms with van der Waals surface area (Å²) in [7, 11) is 0. The van der Waals surface area contributed by atoms with E-state index >= 15 is 0 Å². The average molecular weight is 433 g/mol. The molecule has 1 unspecified atom stereocenters. The molecule has 31 heavy (non-hydrogen) atoms. The Morgan fingerprint density at radius 3 is 2.68 bits per heavy atom. The van der Waals surface area contributed by atoms with Crippen molar-refractivity contribution in [2.45, 2.75) is 63.3 Å². The number of cyclic esters (lactones) is 1. The summed E-state index contributed by atoms with van der Waals surface area (Å²) in [6, 6.07) is -1.52. The van der Waals surface area contributed by atoms with E-state index in [4.69, 9.17) is 9.47 Å². The summed E-state index contributed by atoms with van der Waals surface area (Å²) < 4.78 is 12.0. The SMILES string of the molecule is CCCCN1CC=C[C@]23O[C@@]4(C)C=CCCOC(=O)[C@H]4[C@H]2C(=O)N([C@H](C)CO)C3C1=O. The standard InChI is InChI=1S/C23H32N2O6/c1-4-5-11-24-12-8-10-23-16(19(27)25(15(2)14-26)18(23)20(24)28)17-21(29)30-13-7-6-9-22(17,3)31-23/h6,8-10,15-18,26H,4-5,7,11-14H2,1-3H3/t15-,16+,17-,18?,22+,23+/m1/s1. The van der Waals surface area contributed by atoms with Gasteiger partial charge in [0.15, 0.2) is 0 Å². The summed E-state index contributed by atoms with van der Waals surface area (Å²) in [6.07, 6.45) is 9.79. The Kier molecular flexibility index (Phi) is 5.72. The molecule has 4 aliphatic rings. The van der Waals surface area contributed by atoms with Crippen LogP contribution >= 0.6 is 0 Å². The van der Waals surface area contributed by atoms with E-state index in [1.807, 2.05) is 24.3 Å². The van der Waals surface area contributed by atoms with Crippen LogP contribution in [0.25, 0.3) is 0 Å². The summed E-state index contributed by atoms with van der Waals surface area (Å²) in [5.41, 5.74) is -2.35. The Balaban J connectivity index is 1.86. The van der Waals surface area contributed by atoms with Gasteiger partial charge in [-0.05, 0) is 26.7 Å². The molecule has 1 N–H and O–H groups in total. The number of esters is 1. The van der Waals surface area contributed by atoms with Crippen molar-refractivity contribution >= 4 is 17.8 Å². The second-order valence-electron chi connectivity index (χ2n) is 9.17. The van der Waals surface area contributed by atoms with Crippen molar-refractivity contribution in [2.24, 2.45) is 11.8 Å². The molecule has 0 saturated carbocycles. The lowest BCUT2D eigenvalue weighted by Gasteiger charge is -2.39. The number of rotatable bonds is 5.